The number of nitrogens with two attached hydrogens (primary N) is 1. The van der Waals surface area contributed by atoms with Gasteiger partial charge in [0, 0.05) is 19.2 Å². The van der Waals surface area contributed by atoms with Gasteiger partial charge >= 0.3 is 0 Å². The molecule has 4 heteroatoms. The summed E-state index contributed by atoms with van der Waals surface area (Å²) < 4.78 is 26.2. The highest BCUT2D eigenvalue weighted by atomic mass is 19.1. The fourth-order valence-electron chi connectivity index (χ4n) is 1.37. The number of benzene rings is 1. The summed E-state index contributed by atoms with van der Waals surface area (Å²) in [6.45, 7) is 3.98. The summed E-state index contributed by atoms with van der Waals surface area (Å²) in [5.74, 6) is -1.31. The van der Waals surface area contributed by atoms with Crippen molar-refractivity contribution < 1.29 is 8.78 Å². The van der Waals surface area contributed by atoms with E-state index < -0.39 is 11.6 Å². The third-order valence-electron chi connectivity index (χ3n) is 2.70. The summed E-state index contributed by atoms with van der Waals surface area (Å²) in [5.41, 5.74) is 5.97. The van der Waals surface area contributed by atoms with E-state index in [0.29, 0.717) is 5.69 Å². The summed E-state index contributed by atoms with van der Waals surface area (Å²) in [7, 11) is 1.78. The molecule has 2 nitrogen and oxygen atoms in total. The van der Waals surface area contributed by atoms with Crippen LogP contribution in [-0.2, 0) is 0 Å². The van der Waals surface area contributed by atoms with Crippen LogP contribution in [0.4, 0.5) is 20.2 Å². The monoisotopic (exact) mass is 214 g/mol. The van der Waals surface area contributed by atoms with Gasteiger partial charge in [-0.1, -0.05) is 6.92 Å². The molecule has 0 amide bonds. The van der Waals surface area contributed by atoms with Crippen LogP contribution in [-0.4, -0.2) is 13.1 Å². The zero-order valence-corrected chi connectivity index (χ0v) is 9.22. The molecule has 0 bridgehead atoms. The third-order valence-corrected chi connectivity index (χ3v) is 2.70. The zero-order valence-electron chi connectivity index (χ0n) is 9.22. The molecular weight excluding hydrogens is 198 g/mol. The lowest BCUT2D eigenvalue weighted by Gasteiger charge is -2.27. The number of nitrogens with zero attached hydrogens (tertiary/aromatic N) is 1. The van der Waals surface area contributed by atoms with Crippen LogP contribution in [0.1, 0.15) is 20.3 Å². The molecular formula is C11H16F2N2. The molecule has 1 aromatic carbocycles. The van der Waals surface area contributed by atoms with Gasteiger partial charge in [0.15, 0.2) is 5.82 Å². The summed E-state index contributed by atoms with van der Waals surface area (Å²) in [6.07, 6.45) is 0.883. The number of nitrogen functional groups attached to an aromatic ring is 1. The molecule has 0 fully saturated rings. The van der Waals surface area contributed by atoms with Crippen molar-refractivity contribution in [3.8, 4) is 0 Å². The molecule has 0 saturated carbocycles. The number of anilines is 2. The van der Waals surface area contributed by atoms with Crippen LogP contribution >= 0.6 is 0 Å². The van der Waals surface area contributed by atoms with Gasteiger partial charge in [0.2, 0.25) is 0 Å². The maximum absolute atomic E-state index is 13.2. The van der Waals surface area contributed by atoms with E-state index in [0.717, 1.165) is 12.5 Å². The predicted molar refractivity (Wildman–Crippen MR) is 58.9 cm³/mol. The summed E-state index contributed by atoms with van der Waals surface area (Å²) in [6, 6.07) is 2.24. The van der Waals surface area contributed by atoms with Gasteiger partial charge in [0.25, 0.3) is 0 Å². The van der Waals surface area contributed by atoms with E-state index in [1.54, 1.807) is 11.9 Å². The first-order valence-corrected chi connectivity index (χ1v) is 4.94. The quantitative estimate of drug-likeness (QED) is 0.784. The van der Waals surface area contributed by atoms with E-state index in [1.807, 2.05) is 13.8 Å². The SMILES string of the molecule is CCC(C)N(C)c1cc(F)cc(F)c1N. The number of hydrogen-bond donors (Lipinski definition) is 1. The standard InChI is InChI=1S/C11H16F2N2/c1-4-7(2)15(3)10-6-8(12)5-9(13)11(10)14/h5-7H,4,14H2,1-3H3. The molecule has 1 aromatic rings. The minimum Gasteiger partial charge on any atom is -0.395 e. The highest BCUT2D eigenvalue weighted by molar-refractivity contribution is 5.68. The zero-order chi connectivity index (χ0) is 11.6. The van der Waals surface area contributed by atoms with Crippen LogP contribution in [0.25, 0.3) is 0 Å². The van der Waals surface area contributed by atoms with Crippen molar-refractivity contribution in [3.05, 3.63) is 23.8 Å². The Bertz CT molecular complexity index is 353. The maximum atomic E-state index is 13.2. The number of halogens is 2. The van der Waals surface area contributed by atoms with Crippen molar-refractivity contribution in [3.63, 3.8) is 0 Å². The van der Waals surface area contributed by atoms with Crippen molar-refractivity contribution in [2.45, 2.75) is 26.3 Å². The van der Waals surface area contributed by atoms with Gasteiger partial charge in [-0.15, -0.1) is 0 Å². The average Bonchev–Trinajstić information content (AvgIpc) is 2.21. The van der Waals surface area contributed by atoms with Crippen LogP contribution in [0, 0.1) is 11.6 Å². The van der Waals surface area contributed by atoms with E-state index in [1.165, 1.54) is 6.07 Å². The molecule has 1 unspecified atom stereocenters. The molecule has 0 aliphatic heterocycles. The molecule has 0 aromatic heterocycles. The van der Waals surface area contributed by atoms with Gasteiger partial charge in [-0.05, 0) is 19.4 Å². The smallest absolute Gasteiger partial charge is 0.151 e. The summed E-state index contributed by atoms with van der Waals surface area (Å²) in [5, 5.41) is 0. The molecule has 0 aliphatic rings. The third kappa shape index (κ3) is 2.37. The summed E-state index contributed by atoms with van der Waals surface area (Å²) in [4.78, 5) is 1.78. The highest BCUT2D eigenvalue weighted by Gasteiger charge is 2.15. The minimum atomic E-state index is -0.708. The van der Waals surface area contributed by atoms with Crippen LogP contribution < -0.4 is 10.6 Å². The molecule has 84 valence electrons. The normalized spacial score (nSPS) is 12.6. The van der Waals surface area contributed by atoms with Crippen LogP contribution in [0.5, 0.6) is 0 Å². The predicted octanol–water partition coefficient (Wildman–Crippen LogP) is 2.78. The highest BCUT2D eigenvalue weighted by Crippen LogP contribution is 2.28. The maximum Gasteiger partial charge on any atom is 0.151 e. The lowest BCUT2D eigenvalue weighted by atomic mass is 10.1. The molecule has 0 saturated heterocycles. The van der Waals surface area contributed by atoms with Gasteiger partial charge < -0.3 is 10.6 Å². The first-order chi connectivity index (χ1) is 6.97. The molecule has 1 rings (SSSR count). The minimum absolute atomic E-state index is 0.000741. The molecule has 1 atom stereocenters. The van der Waals surface area contributed by atoms with Crippen molar-refractivity contribution in [2.75, 3.05) is 17.7 Å². The molecule has 0 spiro atoms. The van der Waals surface area contributed by atoms with Gasteiger partial charge in [0.05, 0.1) is 11.4 Å². The van der Waals surface area contributed by atoms with Crippen LogP contribution in [0.3, 0.4) is 0 Å². The molecule has 15 heavy (non-hydrogen) atoms. The molecule has 2 N–H and O–H groups in total. The Morgan fingerprint density at radius 3 is 2.53 bits per heavy atom. The lowest BCUT2D eigenvalue weighted by molar-refractivity contribution is 0.582. The second-order valence-corrected chi connectivity index (χ2v) is 3.69. The Kier molecular flexibility index (Phi) is 3.50. The topological polar surface area (TPSA) is 29.3 Å². The fourth-order valence-corrected chi connectivity index (χ4v) is 1.37. The number of hydrogen-bond acceptors (Lipinski definition) is 2. The van der Waals surface area contributed by atoms with E-state index in [4.69, 9.17) is 5.73 Å². The van der Waals surface area contributed by atoms with E-state index in [2.05, 4.69) is 0 Å². The largest absolute Gasteiger partial charge is 0.395 e. The van der Waals surface area contributed by atoms with Gasteiger partial charge in [-0.25, -0.2) is 8.78 Å². The fraction of sp³-hybridized carbons (Fsp3) is 0.455. The van der Waals surface area contributed by atoms with E-state index >= 15 is 0 Å². The van der Waals surface area contributed by atoms with E-state index in [-0.39, 0.29) is 11.7 Å². The Labute approximate surface area is 88.7 Å². The Morgan fingerprint density at radius 2 is 2.00 bits per heavy atom. The second kappa shape index (κ2) is 4.47. The van der Waals surface area contributed by atoms with Gasteiger partial charge in [-0.3, -0.25) is 0 Å². The first-order valence-electron chi connectivity index (χ1n) is 4.94. The van der Waals surface area contributed by atoms with Crippen LogP contribution in [0.15, 0.2) is 12.1 Å². The molecule has 0 heterocycles. The number of rotatable bonds is 3. The lowest BCUT2D eigenvalue weighted by Crippen LogP contribution is -2.29. The second-order valence-electron chi connectivity index (χ2n) is 3.69. The van der Waals surface area contributed by atoms with Crippen molar-refractivity contribution >= 4 is 11.4 Å². The molecule has 0 aliphatic carbocycles. The molecule has 0 radical (unpaired) electrons. The Hall–Kier alpha value is -1.32. The van der Waals surface area contributed by atoms with Crippen molar-refractivity contribution in [1.29, 1.82) is 0 Å². The van der Waals surface area contributed by atoms with Gasteiger partial charge in [-0.2, -0.15) is 0 Å². The first kappa shape index (κ1) is 11.8. The van der Waals surface area contributed by atoms with Crippen LogP contribution in [0.2, 0.25) is 0 Å². The average molecular weight is 214 g/mol. The van der Waals surface area contributed by atoms with Gasteiger partial charge in [0.1, 0.15) is 5.82 Å². The van der Waals surface area contributed by atoms with E-state index in [9.17, 15) is 8.78 Å². The Balaban J connectivity index is 3.13. The summed E-state index contributed by atoms with van der Waals surface area (Å²) >= 11 is 0. The van der Waals surface area contributed by atoms with Crippen molar-refractivity contribution in [2.24, 2.45) is 0 Å². The Morgan fingerprint density at radius 1 is 1.40 bits per heavy atom. The van der Waals surface area contributed by atoms with Crippen molar-refractivity contribution in [1.82, 2.24) is 0 Å².